The number of nitrogens with one attached hydrogen (secondary N) is 2. The van der Waals surface area contributed by atoms with E-state index in [9.17, 15) is 13.6 Å². The summed E-state index contributed by atoms with van der Waals surface area (Å²) in [4.78, 5) is 12.2. The third-order valence-electron chi connectivity index (χ3n) is 3.61. The molecular formula is C16H14F2N2O. The number of carbonyl (C=O) groups excluding carboxylic acids is 1. The number of halogens is 2. The first-order chi connectivity index (χ1) is 10.1. The highest BCUT2D eigenvalue weighted by Crippen LogP contribution is 2.31. The molecule has 1 heterocycles. The van der Waals surface area contributed by atoms with E-state index in [0.717, 1.165) is 29.4 Å². The van der Waals surface area contributed by atoms with Crippen molar-refractivity contribution in [2.24, 2.45) is 0 Å². The summed E-state index contributed by atoms with van der Waals surface area (Å²) in [6.07, 6.45) is 0. The second kappa shape index (κ2) is 5.52. The molecule has 1 amide bonds. The fourth-order valence-corrected chi connectivity index (χ4v) is 2.50. The highest BCUT2D eigenvalue weighted by molar-refractivity contribution is 5.88. The van der Waals surface area contributed by atoms with Gasteiger partial charge in [-0.05, 0) is 29.8 Å². The van der Waals surface area contributed by atoms with Crippen LogP contribution in [0.5, 0.6) is 0 Å². The molecule has 1 unspecified atom stereocenters. The molecule has 0 aromatic heterocycles. The predicted molar refractivity (Wildman–Crippen MR) is 75.9 cm³/mol. The van der Waals surface area contributed by atoms with Gasteiger partial charge in [-0.1, -0.05) is 18.2 Å². The summed E-state index contributed by atoms with van der Waals surface area (Å²) >= 11 is 0. The molecule has 0 fully saturated rings. The first kappa shape index (κ1) is 13.5. The summed E-state index contributed by atoms with van der Waals surface area (Å²) in [5, 5.41) is 5.82. The summed E-state index contributed by atoms with van der Waals surface area (Å²) in [6, 6.07) is 10.8. The zero-order chi connectivity index (χ0) is 14.8. The number of hydrogen-bond donors (Lipinski definition) is 2. The van der Waals surface area contributed by atoms with E-state index in [-0.39, 0.29) is 23.9 Å². The number of hydrogen-bond acceptors (Lipinski definition) is 2. The zero-order valence-electron chi connectivity index (χ0n) is 11.2. The number of anilines is 1. The minimum absolute atomic E-state index is 0.0267. The number of para-hydroxylation sites is 1. The van der Waals surface area contributed by atoms with Crippen molar-refractivity contribution in [3.05, 3.63) is 65.2 Å². The van der Waals surface area contributed by atoms with Crippen LogP contribution in [0.25, 0.3) is 0 Å². The van der Waals surface area contributed by atoms with Gasteiger partial charge in [0.1, 0.15) is 11.6 Å². The molecule has 0 bridgehead atoms. The molecular weight excluding hydrogens is 274 g/mol. The Morgan fingerprint density at radius 2 is 2.05 bits per heavy atom. The second-order valence-corrected chi connectivity index (χ2v) is 4.97. The number of amides is 1. The van der Waals surface area contributed by atoms with Gasteiger partial charge in [0.25, 0.3) is 0 Å². The number of rotatable bonds is 3. The maximum absolute atomic E-state index is 13.5. The van der Waals surface area contributed by atoms with Gasteiger partial charge < -0.3 is 10.6 Å². The summed E-state index contributed by atoms with van der Waals surface area (Å²) in [5.74, 6) is -1.55. The quantitative estimate of drug-likeness (QED) is 0.912. The average molecular weight is 288 g/mol. The lowest BCUT2D eigenvalue weighted by Crippen LogP contribution is -2.30. The first-order valence-corrected chi connectivity index (χ1v) is 6.69. The Kier molecular flexibility index (Phi) is 3.56. The van der Waals surface area contributed by atoms with Crippen LogP contribution in [0.2, 0.25) is 0 Å². The monoisotopic (exact) mass is 288 g/mol. The summed E-state index contributed by atoms with van der Waals surface area (Å²) < 4.78 is 26.6. The minimum atomic E-state index is -0.526. The molecule has 0 saturated heterocycles. The van der Waals surface area contributed by atoms with Gasteiger partial charge in [-0.15, -0.1) is 0 Å². The van der Waals surface area contributed by atoms with Gasteiger partial charge in [0.2, 0.25) is 5.91 Å². The van der Waals surface area contributed by atoms with Gasteiger partial charge in [0, 0.05) is 24.3 Å². The van der Waals surface area contributed by atoms with Gasteiger partial charge in [0.05, 0.1) is 5.92 Å². The van der Waals surface area contributed by atoms with Crippen LogP contribution in [0, 0.1) is 11.6 Å². The van der Waals surface area contributed by atoms with Crippen LogP contribution >= 0.6 is 0 Å². The van der Waals surface area contributed by atoms with E-state index in [0.29, 0.717) is 6.54 Å². The highest BCUT2D eigenvalue weighted by Gasteiger charge is 2.27. The van der Waals surface area contributed by atoms with E-state index >= 15 is 0 Å². The lowest BCUT2D eigenvalue weighted by molar-refractivity contribution is -0.122. The van der Waals surface area contributed by atoms with Crippen molar-refractivity contribution in [1.82, 2.24) is 5.32 Å². The van der Waals surface area contributed by atoms with Crippen molar-refractivity contribution in [1.29, 1.82) is 0 Å². The van der Waals surface area contributed by atoms with Crippen LogP contribution in [0.1, 0.15) is 17.0 Å². The third kappa shape index (κ3) is 2.72. The predicted octanol–water partition coefficient (Wildman–Crippen LogP) is 2.79. The summed E-state index contributed by atoms with van der Waals surface area (Å²) in [7, 11) is 0. The van der Waals surface area contributed by atoms with Crippen molar-refractivity contribution in [2.45, 2.75) is 12.5 Å². The summed E-state index contributed by atoms with van der Waals surface area (Å²) in [6.45, 7) is 0.484. The standard InChI is InChI=1S/C16H14F2N2O/c17-11-5-6-14(18)10(7-11)8-20-16(21)13-9-19-15-4-2-1-3-12(13)15/h1-7,13,19H,8-9H2,(H,20,21). The molecule has 0 aliphatic carbocycles. The molecule has 3 nitrogen and oxygen atoms in total. The van der Waals surface area contributed by atoms with E-state index in [2.05, 4.69) is 10.6 Å². The second-order valence-electron chi connectivity index (χ2n) is 4.97. The molecule has 1 aliphatic heterocycles. The molecule has 1 atom stereocenters. The fraction of sp³-hybridized carbons (Fsp3) is 0.188. The topological polar surface area (TPSA) is 41.1 Å². The van der Waals surface area contributed by atoms with Crippen LogP contribution in [0.15, 0.2) is 42.5 Å². The Morgan fingerprint density at radius 3 is 2.90 bits per heavy atom. The number of carbonyl (C=O) groups is 1. The normalized spacial score (nSPS) is 16.2. The Labute approximate surface area is 121 Å². The van der Waals surface area contributed by atoms with Crippen molar-refractivity contribution >= 4 is 11.6 Å². The van der Waals surface area contributed by atoms with Gasteiger partial charge in [-0.25, -0.2) is 8.78 Å². The van der Waals surface area contributed by atoms with E-state index < -0.39 is 11.6 Å². The number of benzene rings is 2. The van der Waals surface area contributed by atoms with Gasteiger partial charge >= 0.3 is 0 Å². The van der Waals surface area contributed by atoms with Crippen LogP contribution in [-0.2, 0) is 11.3 Å². The zero-order valence-corrected chi connectivity index (χ0v) is 11.2. The van der Waals surface area contributed by atoms with E-state index in [1.165, 1.54) is 0 Å². The largest absolute Gasteiger partial charge is 0.384 e. The number of fused-ring (bicyclic) bond motifs is 1. The molecule has 2 N–H and O–H groups in total. The molecule has 0 spiro atoms. The smallest absolute Gasteiger partial charge is 0.229 e. The fourth-order valence-electron chi connectivity index (χ4n) is 2.50. The lowest BCUT2D eigenvalue weighted by Gasteiger charge is -2.11. The molecule has 0 saturated carbocycles. The molecule has 2 aromatic rings. The molecule has 1 aliphatic rings. The maximum atomic E-state index is 13.5. The molecule has 5 heteroatoms. The maximum Gasteiger partial charge on any atom is 0.229 e. The Balaban J connectivity index is 1.69. The third-order valence-corrected chi connectivity index (χ3v) is 3.61. The molecule has 2 aromatic carbocycles. The Morgan fingerprint density at radius 1 is 1.24 bits per heavy atom. The van der Waals surface area contributed by atoms with Crippen LogP contribution in [-0.4, -0.2) is 12.5 Å². The van der Waals surface area contributed by atoms with Gasteiger partial charge in [0.15, 0.2) is 0 Å². The molecule has 108 valence electrons. The highest BCUT2D eigenvalue weighted by atomic mass is 19.1. The van der Waals surface area contributed by atoms with Crippen molar-refractivity contribution in [3.8, 4) is 0 Å². The SMILES string of the molecule is O=C(NCc1cc(F)ccc1F)C1CNc2ccccc21. The molecule has 3 rings (SSSR count). The van der Waals surface area contributed by atoms with Gasteiger partial charge in [-0.2, -0.15) is 0 Å². The minimum Gasteiger partial charge on any atom is -0.384 e. The van der Waals surface area contributed by atoms with Crippen molar-refractivity contribution in [3.63, 3.8) is 0 Å². The van der Waals surface area contributed by atoms with E-state index in [4.69, 9.17) is 0 Å². The lowest BCUT2D eigenvalue weighted by atomic mass is 10.0. The van der Waals surface area contributed by atoms with E-state index in [1.54, 1.807) is 0 Å². The van der Waals surface area contributed by atoms with Crippen molar-refractivity contribution in [2.75, 3.05) is 11.9 Å². The van der Waals surface area contributed by atoms with Crippen LogP contribution in [0.3, 0.4) is 0 Å². The van der Waals surface area contributed by atoms with Crippen molar-refractivity contribution < 1.29 is 13.6 Å². The Bertz CT molecular complexity index is 688. The Hall–Kier alpha value is -2.43. The van der Waals surface area contributed by atoms with E-state index in [1.807, 2.05) is 24.3 Å². The van der Waals surface area contributed by atoms with Crippen LogP contribution in [0.4, 0.5) is 14.5 Å². The molecule has 0 radical (unpaired) electrons. The van der Waals surface area contributed by atoms with Gasteiger partial charge in [-0.3, -0.25) is 4.79 Å². The average Bonchev–Trinajstić information content (AvgIpc) is 2.92. The summed E-state index contributed by atoms with van der Waals surface area (Å²) in [5.41, 5.74) is 2.01. The van der Waals surface area contributed by atoms with Crippen LogP contribution < -0.4 is 10.6 Å². The molecule has 21 heavy (non-hydrogen) atoms. The first-order valence-electron chi connectivity index (χ1n) is 6.69.